The summed E-state index contributed by atoms with van der Waals surface area (Å²) in [5, 5.41) is 9.01. The average Bonchev–Trinajstić information content (AvgIpc) is 2.95. The van der Waals surface area contributed by atoms with Crippen molar-refractivity contribution in [1.29, 1.82) is 0 Å². The third-order valence-electron chi connectivity index (χ3n) is 4.00. The van der Waals surface area contributed by atoms with E-state index in [1.165, 1.54) is 30.7 Å². The van der Waals surface area contributed by atoms with Crippen LogP contribution in [0.25, 0.3) is 6.08 Å². The number of amides is 1. The quantitative estimate of drug-likeness (QED) is 0.460. The summed E-state index contributed by atoms with van der Waals surface area (Å²) in [6.07, 6.45) is 0.695. The molecule has 6 nitrogen and oxygen atoms in total. The van der Waals surface area contributed by atoms with E-state index in [2.05, 4.69) is 15.9 Å². The molecule has 0 spiro atoms. The van der Waals surface area contributed by atoms with E-state index in [4.69, 9.17) is 26.8 Å². The highest BCUT2D eigenvalue weighted by Gasteiger charge is 2.33. The third-order valence-corrected chi connectivity index (χ3v) is 5.79. The van der Waals surface area contributed by atoms with Crippen LogP contribution in [0.2, 0.25) is 0 Å². The van der Waals surface area contributed by atoms with Gasteiger partial charge in [-0.1, -0.05) is 52.0 Å². The van der Waals surface area contributed by atoms with Crippen molar-refractivity contribution < 1.29 is 24.2 Å². The number of halogens is 1. The van der Waals surface area contributed by atoms with Crippen LogP contribution in [0, 0.1) is 0 Å². The lowest BCUT2D eigenvalue weighted by molar-refractivity contribution is -0.144. The summed E-state index contributed by atoms with van der Waals surface area (Å²) in [4.78, 5) is 25.8. The number of nitrogens with zero attached hydrogens (tertiary/aromatic N) is 1. The summed E-state index contributed by atoms with van der Waals surface area (Å²) in [6.45, 7) is 1.43. The standard InChI is InChI=1S/C20H16BrNO5S2/c1-11(19(24)25)27-15-7-6-12(8-16(15)26-2)9-17-18(23)22(20(28)29-17)14-5-3-4-13(21)10-14/h3-11H,1-2H3,(H,24,25)/b17-9+. The van der Waals surface area contributed by atoms with Crippen LogP contribution in [0.4, 0.5) is 5.69 Å². The summed E-state index contributed by atoms with van der Waals surface area (Å²) >= 11 is 10.0. The molecule has 1 N–H and O–H groups in total. The Morgan fingerprint density at radius 2 is 2.03 bits per heavy atom. The van der Waals surface area contributed by atoms with Gasteiger partial charge in [0, 0.05) is 4.47 Å². The van der Waals surface area contributed by atoms with Crippen molar-refractivity contribution >= 4 is 67.9 Å². The predicted molar refractivity (Wildman–Crippen MR) is 121 cm³/mol. The van der Waals surface area contributed by atoms with E-state index >= 15 is 0 Å². The number of rotatable bonds is 6. The second-order valence-electron chi connectivity index (χ2n) is 6.01. The molecule has 3 rings (SSSR count). The molecule has 0 radical (unpaired) electrons. The second kappa shape index (κ2) is 8.98. The van der Waals surface area contributed by atoms with E-state index in [1.807, 2.05) is 24.3 Å². The molecule has 0 saturated carbocycles. The molecule has 2 aromatic rings. The van der Waals surface area contributed by atoms with Gasteiger partial charge in [-0.15, -0.1) is 0 Å². The minimum Gasteiger partial charge on any atom is -0.493 e. The van der Waals surface area contributed by atoms with Crippen LogP contribution in [0.1, 0.15) is 12.5 Å². The van der Waals surface area contributed by atoms with Crippen LogP contribution in [-0.2, 0) is 9.59 Å². The van der Waals surface area contributed by atoms with Crippen molar-refractivity contribution in [1.82, 2.24) is 0 Å². The molecule has 9 heteroatoms. The maximum atomic E-state index is 12.9. The van der Waals surface area contributed by atoms with Gasteiger partial charge in [-0.3, -0.25) is 9.69 Å². The molecule has 0 bridgehead atoms. The molecular formula is C20H16BrNO5S2. The highest BCUT2D eigenvalue weighted by Crippen LogP contribution is 2.38. The molecule has 1 aliphatic heterocycles. The van der Waals surface area contributed by atoms with Crippen LogP contribution in [-0.4, -0.2) is 34.5 Å². The first-order valence-corrected chi connectivity index (χ1v) is 10.4. The van der Waals surface area contributed by atoms with Gasteiger partial charge in [0.1, 0.15) is 0 Å². The van der Waals surface area contributed by atoms with E-state index < -0.39 is 12.1 Å². The number of hydrogen-bond acceptors (Lipinski definition) is 6. The van der Waals surface area contributed by atoms with Gasteiger partial charge in [-0.2, -0.15) is 0 Å². The van der Waals surface area contributed by atoms with Gasteiger partial charge in [0.15, 0.2) is 21.9 Å². The van der Waals surface area contributed by atoms with E-state index in [0.717, 1.165) is 4.47 Å². The molecule has 0 aromatic heterocycles. The Morgan fingerprint density at radius 1 is 1.28 bits per heavy atom. The maximum Gasteiger partial charge on any atom is 0.344 e. The number of aliphatic carboxylic acids is 1. The largest absolute Gasteiger partial charge is 0.493 e. The SMILES string of the molecule is COc1cc(/C=C2/SC(=S)N(c3cccc(Br)c3)C2=O)ccc1OC(C)C(=O)O. The van der Waals surface area contributed by atoms with E-state index in [0.29, 0.717) is 32.0 Å². The van der Waals surface area contributed by atoms with Gasteiger partial charge in [-0.05, 0) is 48.9 Å². The maximum absolute atomic E-state index is 12.9. The number of ether oxygens (including phenoxy) is 2. The number of thioether (sulfide) groups is 1. The van der Waals surface area contributed by atoms with Crippen molar-refractivity contribution in [3.63, 3.8) is 0 Å². The Hall–Kier alpha value is -2.36. The van der Waals surface area contributed by atoms with E-state index in [1.54, 1.807) is 24.3 Å². The van der Waals surface area contributed by atoms with Gasteiger partial charge in [0.25, 0.3) is 5.91 Å². The zero-order chi connectivity index (χ0) is 21.1. The highest BCUT2D eigenvalue weighted by molar-refractivity contribution is 9.10. The van der Waals surface area contributed by atoms with Crippen molar-refractivity contribution in [2.24, 2.45) is 0 Å². The first-order valence-electron chi connectivity index (χ1n) is 8.41. The van der Waals surface area contributed by atoms with Gasteiger partial charge >= 0.3 is 5.97 Å². The minimum absolute atomic E-state index is 0.211. The number of carboxylic acids is 1. The number of carbonyl (C=O) groups is 2. The fourth-order valence-electron chi connectivity index (χ4n) is 2.57. The molecule has 0 aliphatic carbocycles. The number of hydrogen-bond donors (Lipinski definition) is 1. The number of methoxy groups -OCH3 is 1. The Kier molecular flexibility index (Phi) is 6.61. The highest BCUT2D eigenvalue weighted by atomic mass is 79.9. The lowest BCUT2D eigenvalue weighted by Gasteiger charge is -2.15. The number of carboxylic acid groups (broad SMARTS) is 1. The normalized spacial score (nSPS) is 16.2. The molecule has 1 aliphatic rings. The molecule has 1 atom stereocenters. The zero-order valence-corrected chi connectivity index (χ0v) is 18.6. The molecule has 1 unspecified atom stereocenters. The number of benzene rings is 2. The summed E-state index contributed by atoms with van der Waals surface area (Å²) in [6, 6.07) is 12.4. The molecule has 29 heavy (non-hydrogen) atoms. The van der Waals surface area contributed by atoms with E-state index in [-0.39, 0.29) is 5.91 Å². The second-order valence-corrected chi connectivity index (χ2v) is 8.60. The first kappa shape index (κ1) is 21.4. The van der Waals surface area contributed by atoms with E-state index in [9.17, 15) is 9.59 Å². The van der Waals surface area contributed by atoms with Crippen LogP contribution in [0.15, 0.2) is 51.8 Å². The van der Waals surface area contributed by atoms with Crippen LogP contribution in [0.5, 0.6) is 11.5 Å². The monoisotopic (exact) mass is 493 g/mol. The number of anilines is 1. The topological polar surface area (TPSA) is 76.1 Å². The van der Waals surface area contributed by atoms with Gasteiger partial charge in [-0.25, -0.2) is 4.79 Å². The Bertz CT molecular complexity index is 1020. The Balaban J connectivity index is 1.87. The van der Waals surface area contributed by atoms with Crippen LogP contribution >= 0.6 is 39.9 Å². The fraction of sp³-hybridized carbons (Fsp3) is 0.150. The van der Waals surface area contributed by atoms with Crippen LogP contribution in [0.3, 0.4) is 0 Å². The molecular weight excluding hydrogens is 478 g/mol. The summed E-state index contributed by atoms with van der Waals surface area (Å²) in [7, 11) is 1.46. The average molecular weight is 494 g/mol. The number of carbonyl (C=O) groups excluding carboxylic acids is 1. The summed E-state index contributed by atoms with van der Waals surface area (Å²) in [5.74, 6) is -0.611. The van der Waals surface area contributed by atoms with Crippen molar-refractivity contribution in [3.8, 4) is 11.5 Å². The summed E-state index contributed by atoms with van der Waals surface area (Å²) < 4.78 is 12.0. The van der Waals surface area contributed by atoms with Gasteiger partial charge in [0.05, 0.1) is 17.7 Å². The molecule has 1 fully saturated rings. The van der Waals surface area contributed by atoms with Crippen molar-refractivity contribution in [2.45, 2.75) is 13.0 Å². The summed E-state index contributed by atoms with van der Waals surface area (Å²) in [5.41, 5.74) is 1.39. The van der Waals surface area contributed by atoms with Crippen LogP contribution < -0.4 is 14.4 Å². The molecule has 1 heterocycles. The fourth-order valence-corrected chi connectivity index (χ4v) is 4.26. The number of thiocarbonyl (C=S) groups is 1. The van der Waals surface area contributed by atoms with Crippen molar-refractivity contribution in [3.05, 3.63) is 57.4 Å². The Morgan fingerprint density at radius 3 is 2.69 bits per heavy atom. The minimum atomic E-state index is -1.08. The molecule has 1 saturated heterocycles. The smallest absolute Gasteiger partial charge is 0.344 e. The molecule has 150 valence electrons. The molecule has 1 amide bonds. The van der Waals surface area contributed by atoms with Gasteiger partial charge in [0.2, 0.25) is 0 Å². The lowest BCUT2D eigenvalue weighted by atomic mass is 10.1. The Labute approximate surface area is 185 Å². The zero-order valence-electron chi connectivity index (χ0n) is 15.4. The predicted octanol–water partition coefficient (Wildman–Crippen LogP) is 4.72. The lowest BCUT2D eigenvalue weighted by Crippen LogP contribution is -2.27. The first-order chi connectivity index (χ1) is 13.8. The van der Waals surface area contributed by atoms with Gasteiger partial charge < -0.3 is 14.6 Å². The molecule has 2 aromatic carbocycles. The third kappa shape index (κ3) is 4.80. The van der Waals surface area contributed by atoms with Crippen molar-refractivity contribution in [2.75, 3.05) is 12.0 Å².